The van der Waals surface area contributed by atoms with E-state index in [1.54, 1.807) is 13.8 Å². The highest BCUT2D eigenvalue weighted by molar-refractivity contribution is 6.57. The van der Waals surface area contributed by atoms with Gasteiger partial charge in [0.15, 0.2) is 5.81 Å². The lowest BCUT2D eigenvalue weighted by Crippen LogP contribution is -2.43. The van der Waals surface area contributed by atoms with Crippen LogP contribution in [0.5, 0.6) is 0 Å². The first-order chi connectivity index (χ1) is 4.95. The number of carboxylic acids is 1. The minimum atomic E-state index is -1.07. The molecule has 2 radical (unpaired) electrons. The molecule has 0 saturated carbocycles. The van der Waals surface area contributed by atoms with Crippen LogP contribution in [0.4, 0.5) is 4.79 Å². The topological polar surface area (TPSA) is 66.4 Å². The number of hydrogen-bond acceptors (Lipinski definition) is 2. The summed E-state index contributed by atoms with van der Waals surface area (Å²) >= 11 is 0. The maximum atomic E-state index is 10.4. The third-order valence-electron chi connectivity index (χ3n) is 1.23. The summed E-state index contributed by atoms with van der Waals surface area (Å²) in [6.07, 6.45) is 0. The van der Waals surface area contributed by atoms with Crippen molar-refractivity contribution >= 4 is 19.6 Å². The monoisotopic (exact) mass is 155 g/mol. The van der Waals surface area contributed by atoms with Crippen molar-refractivity contribution in [2.75, 3.05) is 0 Å². The van der Waals surface area contributed by atoms with Crippen LogP contribution in [0.1, 0.15) is 13.8 Å². The number of amides is 1. The maximum absolute atomic E-state index is 10.4. The Balaban J connectivity index is 4.12. The zero-order valence-corrected chi connectivity index (χ0v) is 6.50. The number of carboxylic acid groups (broad SMARTS) is 1. The first kappa shape index (κ1) is 10.0. The van der Waals surface area contributed by atoms with Crippen LogP contribution in [0.15, 0.2) is 0 Å². The smallest absolute Gasteiger partial charge is 0.326 e. The Bertz CT molecular complexity index is 169. The molecule has 0 aliphatic carbocycles. The second-order valence-corrected chi connectivity index (χ2v) is 2.57. The summed E-state index contributed by atoms with van der Waals surface area (Å²) in [5, 5.41) is 10.6. The minimum Gasteiger partial charge on any atom is -0.480 e. The maximum Gasteiger partial charge on any atom is 0.326 e. The summed E-state index contributed by atoms with van der Waals surface area (Å²) in [7, 11) is 4.76. The molecule has 0 bridgehead atoms. The van der Waals surface area contributed by atoms with Gasteiger partial charge in [-0.1, -0.05) is 13.8 Å². The van der Waals surface area contributed by atoms with Crippen LogP contribution in [0, 0.1) is 5.92 Å². The molecule has 1 atom stereocenters. The van der Waals surface area contributed by atoms with E-state index >= 15 is 0 Å². The number of nitrogens with one attached hydrogen (secondary N) is 1. The van der Waals surface area contributed by atoms with E-state index in [2.05, 4.69) is 5.32 Å². The van der Waals surface area contributed by atoms with Gasteiger partial charge in [0.25, 0.3) is 0 Å². The van der Waals surface area contributed by atoms with Crippen molar-refractivity contribution in [2.45, 2.75) is 19.9 Å². The van der Waals surface area contributed by atoms with E-state index in [1.165, 1.54) is 0 Å². The largest absolute Gasteiger partial charge is 0.480 e. The van der Waals surface area contributed by atoms with Crippen molar-refractivity contribution < 1.29 is 14.7 Å². The molecule has 0 aliphatic rings. The fraction of sp³-hybridized carbons (Fsp3) is 0.667. The van der Waals surface area contributed by atoms with Crippen LogP contribution in [0.3, 0.4) is 0 Å². The molecule has 0 heterocycles. The van der Waals surface area contributed by atoms with E-state index in [1.807, 2.05) is 0 Å². The highest BCUT2D eigenvalue weighted by atomic mass is 16.4. The molecule has 0 aromatic carbocycles. The number of aliphatic carboxylic acids is 1. The normalized spacial score (nSPS) is 12.6. The summed E-state index contributed by atoms with van der Waals surface area (Å²) in [4.78, 5) is 20.7. The fourth-order valence-corrected chi connectivity index (χ4v) is 0.667. The van der Waals surface area contributed by atoms with Crippen molar-refractivity contribution in [1.29, 1.82) is 0 Å². The molecular formula is C6H10BNO3. The quantitative estimate of drug-likeness (QED) is 0.562. The SMILES string of the molecule is [B]C(=O)N[C@@H](C(=O)O)C(C)C. The van der Waals surface area contributed by atoms with Gasteiger partial charge in [-0.3, -0.25) is 4.79 Å². The van der Waals surface area contributed by atoms with Gasteiger partial charge < -0.3 is 10.4 Å². The lowest BCUT2D eigenvalue weighted by Gasteiger charge is -2.16. The summed E-state index contributed by atoms with van der Waals surface area (Å²) in [5.74, 6) is -2.05. The summed E-state index contributed by atoms with van der Waals surface area (Å²) < 4.78 is 0. The molecule has 0 aliphatic heterocycles. The van der Waals surface area contributed by atoms with Crippen molar-refractivity contribution in [3.05, 3.63) is 0 Å². The van der Waals surface area contributed by atoms with E-state index in [9.17, 15) is 9.59 Å². The molecule has 0 aromatic rings. The lowest BCUT2D eigenvalue weighted by molar-refractivity contribution is -0.140. The molecule has 0 spiro atoms. The van der Waals surface area contributed by atoms with Gasteiger partial charge in [-0.15, -0.1) is 0 Å². The van der Waals surface area contributed by atoms with E-state index in [-0.39, 0.29) is 5.92 Å². The highest BCUT2D eigenvalue weighted by Gasteiger charge is 2.21. The molecule has 2 N–H and O–H groups in total. The first-order valence-electron chi connectivity index (χ1n) is 3.24. The third-order valence-corrected chi connectivity index (χ3v) is 1.23. The van der Waals surface area contributed by atoms with E-state index in [4.69, 9.17) is 13.0 Å². The summed E-state index contributed by atoms with van der Waals surface area (Å²) in [6.45, 7) is 3.38. The van der Waals surface area contributed by atoms with Gasteiger partial charge in [0.1, 0.15) is 6.04 Å². The lowest BCUT2D eigenvalue weighted by atomic mass is 10.0. The highest BCUT2D eigenvalue weighted by Crippen LogP contribution is 2.00. The van der Waals surface area contributed by atoms with Crippen LogP contribution < -0.4 is 5.32 Å². The fourth-order valence-electron chi connectivity index (χ4n) is 0.667. The van der Waals surface area contributed by atoms with Gasteiger partial charge in [-0.05, 0) is 5.92 Å². The van der Waals surface area contributed by atoms with Crippen molar-refractivity contribution in [3.63, 3.8) is 0 Å². The third kappa shape index (κ3) is 3.65. The van der Waals surface area contributed by atoms with Gasteiger partial charge in [-0.2, -0.15) is 0 Å². The Hall–Kier alpha value is -0.995. The number of rotatable bonds is 3. The standard InChI is InChI=1S/C6H10BNO3/c1-3(2)4(5(9)10)8-6(7)11/h3-4H,1-2H3,(H,8,11)(H,9,10)/t4-/m1/s1. The summed E-state index contributed by atoms with van der Waals surface area (Å²) in [6, 6.07) is -0.896. The van der Waals surface area contributed by atoms with Gasteiger partial charge >= 0.3 is 5.97 Å². The second-order valence-electron chi connectivity index (χ2n) is 2.57. The van der Waals surface area contributed by atoms with Crippen LogP contribution in [-0.2, 0) is 4.79 Å². The van der Waals surface area contributed by atoms with Gasteiger partial charge in [-0.25, -0.2) is 4.79 Å². The zero-order chi connectivity index (χ0) is 9.02. The number of carbonyl (C=O) groups excluding carboxylic acids is 1. The Morgan fingerprint density at radius 1 is 1.45 bits per heavy atom. The van der Waals surface area contributed by atoms with Crippen LogP contribution in [-0.4, -0.2) is 30.8 Å². The van der Waals surface area contributed by atoms with Crippen molar-refractivity contribution in [1.82, 2.24) is 5.32 Å². The minimum absolute atomic E-state index is 0.167. The van der Waals surface area contributed by atoms with E-state index in [0.29, 0.717) is 0 Å². The van der Waals surface area contributed by atoms with Gasteiger partial charge in [0.05, 0.1) is 0 Å². The molecule has 11 heavy (non-hydrogen) atoms. The van der Waals surface area contributed by atoms with Crippen molar-refractivity contribution in [3.8, 4) is 0 Å². The van der Waals surface area contributed by atoms with Crippen LogP contribution in [0.2, 0.25) is 0 Å². The molecule has 1 amide bonds. The first-order valence-corrected chi connectivity index (χ1v) is 3.24. The molecule has 0 rings (SSSR count). The molecule has 60 valence electrons. The summed E-state index contributed by atoms with van der Waals surface area (Å²) in [5.41, 5.74) is 0. The molecule has 0 aromatic heterocycles. The molecule has 0 fully saturated rings. The Morgan fingerprint density at radius 2 is 1.91 bits per heavy atom. The van der Waals surface area contributed by atoms with Gasteiger partial charge in [0, 0.05) is 0 Å². The van der Waals surface area contributed by atoms with Gasteiger partial charge in [0.2, 0.25) is 7.85 Å². The van der Waals surface area contributed by atoms with Crippen LogP contribution in [0.25, 0.3) is 0 Å². The van der Waals surface area contributed by atoms with Crippen LogP contribution >= 0.6 is 0 Å². The van der Waals surface area contributed by atoms with E-state index < -0.39 is 17.8 Å². The zero-order valence-electron chi connectivity index (χ0n) is 6.50. The van der Waals surface area contributed by atoms with E-state index in [0.717, 1.165) is 0 Å². The average molecular weight is 155 g/mol. The number of hydrogen-bond donors (Lipinski definition) is 2. The van der Waals surface area contributed by atoms with Crippen molar-refractivity contribution in [2.24, 2.45) is 5.92 Å². The Labute approximate surface area is 66.4 Å². The Kier molecular flexibility index (Phi) is 3.64. The number of carbonyl (C=O) groups is 2. The predicted molar refractivity (Wildman–Crippen MR) is 40.5 cm³/mol. The molecule has 4 nitrogen and oxygen atoms in total. The predicted octanol–water partition coefficient (Wildman–Crippen LogP) is -0.0263. The molecule has 5 heteroatoms. The second kappa shape index (κ2) is 4.00. The molecular weight excluding hydrogens is 145 g/mol. The molecule has 0 unspecified atom stereocenters. The average Bonchev–Trinajstić information content (AvgIpc) is 1.81. The Morgan fingerprint density at radius 3 is 2.00 bits per heavy atom. The molecule has 0 saturated heterocycles.